The first kappa shape index (κ1) is 18.0. The molecule has 2 aliphatic rings. The van der Waals surface area contributed by atoms with Crippen molar-refractivity contribution in [3.63, 3.8) is 0 Å². The van der Waals surface area contributed by atoms with Gasteiger partial charge in [-0.25, -0.2) is 13.5 Å². The molecule has 0 unspecified atom stereocenters. The number of hydrogen-bond donors (Lipinski definition) is 1. The number of nitrogens with one attached hydrogen (secondary N) is 1. The molecule has 10 heteroatoms. The summed E-state index contributed by atoms with van der Waals surface area (Å²) < 4.78 is 46.7. The first-order valence-electron chi connectivity index (χ1n) is 9.06. The molecule has 0 aromatic carbocycles. The largest absolute Gasteiger partial charge is 0.378 e. The maximum atomic E-state index is 13.4. The molecule has 2 aromatic heterocycles. The zero-order valence-electron chi connectivity index (χ0n) is 14.7. The predicted octanol–water partition coefficient (Wildman–Crippen LogP) is 2.63. The van der Waals surface area contributed by atoms with Gasteiger partial charge in [0.1, 0.15) is 11.6 Å². The Bertz CT molecular complexity index is 783. The van der Waals surface area contributed by atoms with E-state index in [9.17, 15) is 13.2 Å². The molecule has 0 spiro atoms. The van der Waals surface area contributed by atoms with Crippen LogP contribution in [-0.4, -0.2) is 58.0 Å². The number of halogens is 3. The van der Waals surface area contributed by atoms with E-state index in [1.807, 2.05) is 0 Å². The molecule has 2 aromatic rings. The van der Waals surface area contributed by atoms with Crippen LogP contribution in [0.5, 0.6) is 0 Å². The number of rotatable bonds is 4. The Hall–Kier alpha value is -2.36. The highest BCUT2D eigenvalue weighted by atomic mass is 19.3. The Morgan fingerprint density at radius 3 is 2.56 bits per heavy atom. The number of alkyl halides is 2. The summed E-state index contributed by atoms with van der Waals surface area (Å²) in [5.74, 6) is -1.79. The standard InChI is InChI=1S/C17H21F3N6O/c18-13-3-6-26(24-13)16-22-14(21-12-1-4-17(19,20)5-2-12)11-15(23-16)25-7-9-27-10-8-25/h3,6,11-12H,1-2,4-5,7-10H2,(H,21,22,23). The zero-order valence-corrected chi connectivity index (χ0v) is 14.7. The lowest BCUT2D eigenvalue weighted by atomic mass is 9.92. The third-order valence-electron chi connectivity index (χ3n) is 4.87. The summed E-state index contributed by atoms with van der Waals surface area (Å²) >= 11 is 0. The van der Waals surface area contributed by atoms with Gasteiger partial charge in [-0.2, -0.15) is 14.4 Å². The van der Waals surface area contributed by atoms with Crippen molar-refractivity contribution in [1.82, 2.24) is 19.7 Å². The Morgan fingerprint density at radius 2 is 1.89 bits per heavy atom. The highest BCUT2D eigenvalue weighted by Crippen LogP contribution is 2.34. The summed E-state index contributed by atoms with van der Waals surface area (Å²) in [6.45, 7) is 2.55. The smallest absolute Gasteiger partial charge is 0.254 e. The summed E-state index contributed by atoms with van der Waals surface area (Å²) in [4.78, 5) is 10.9. The number of anilines is 2. The van der Waals surface area contributed by atoms with E-state index < -0.39 is 11.9 Å². The molecule has 1 N–H and O–H groups in total. The van der Waals surface area contributed by atoms with Crippen molar-refractivity contribution in [3.8, 4) is 5.95 Å². The van der Waals surface area contributed by atoms with E-state index in [1.54, 1.807) is 6.07 Å². The molecule has 1 aliphatic heterocycles. The molecule has 0 amide bonds. The molecule has 7 nitrogen and oxygen atoms in total. The van der Waals surface area contributed by atoms with Crippen LogP contribution in [-0.2, 0) is 4.74 Å². The second kappa shape index (κ2) is 7.34. The van der Waals surface area contributed by atoms with Gasteiger partial charge >= 0.3 is 0 Å². The Morgan fingerprint density at radius 1 is 1.15 bits per heavy atom. The lowest BCUT2D eigenvalue weighted by Gasteiger charge is -2.30. The van der Waals surface area contributed by atoms with Gasteiger partial charge < -0.3 is 15.0 Å². The number of aromatic nitrogens is 4. The number of hydrogen-bond acceptors (Lipinski definition) is 6. The van der Waals surface area contributed by atoms with Gasteiger partial charge in [0.25, 0.3) is 5.95 Å². The summed E-state index contributed by atoms with van der Waals surface area (Å²) in [6.07, 6.45) is 1.91. The van der Waals surface area contributed by atoms with Crippen molar-refractivity contribution in [1.29, 1.82) is 0 Å². The molecule has 1 saturated carbocycles. The maximum Gasteiger partial charge on any atom is 0.254 e. The van der Waals surface area contributed by atoms with Gasteiger partial charge in [0.15, 0.2) is 0 Å². The van der Waals surface area contributed by atoms with Crippen LogP contribution in [0.15, 0.2) is 18.3 Å². The normalized spacial score (nSPS) is 20.6. The molecule has 2 fully saturated rings. The van der Waals surface area contributed by atoms with Crippen LogP contribution in [0, 0.1) is 5.95 Å². The predicted molar refractivity (Wildman–Crippen MR) is 93.0 cm³/mol. The summed E-state index contributed by atoms with van der Waals surface area (Å²) in [7, 11) is 0. The molecule has 0 atom stereocenters. The van der Waals surface area contributed by atoms with Gasteiger partial charge in [-0.05, 0) is 12.8 Å². The van der Waals surface area contributed by atoms with E-state index in [-0.39, 0.29) is 24.8 Å². The van der Waals surface area contributed by atoms with Crippen molar-refractivity contribution in [2.45, 2.75) is 37.6 Å². The summed E-state index contributed by atoms with van der Waals surface area (Å²) in [5, 5.41) is 6.97. The first-order chi connectivity index (χ1) is 13.0. The van der Waals surface area contributed by atoms with Crippen LogP contribution in [0.2, 0.25) is 0 Å². The van der Waals surface area contributed by atoms with E-state index >= 15 is 0 Å². The van der Waals surface area contributed by atoms with Gasteiger partial charge in [0.05, 0.1) is 13.2 Å². The fraction of sp³-hybridized carbons (Fsp3) is 0.588. The van der Waals surface area contributed by atoms with Crippen LogP contribution in [0.1, 0.15) is 25.7 Å². The van der Waals surface area contributed by atoms with E-state index in [2.05, 4.69) is 25.3 Å². The fourth-order valence-corrected chi connectivity index (χ4v) is 3.36. The fourth-order valence-electron chi connectivity index (χ4n) is 3.36. The van der Waals surface area contributed by atoms with Crippen molar-refractivity contribution >= 4 is 11.6 Å². The van der Waals surface area contributed by atoms with Crippen LogP contribution in [0.25, 0.3) is 5.95 Å². The lowest BCUT2D eigenvalue weighted by molar-refractivity contribution is -0.0361. The molecule has 1 aliphatic carbocycles. The second-order valence-electron chi connectivity index (χ2n) is 6.87. The van der Waals surface area contributed by atoms with Crippen LogP contribution >= 0.6 is 0 Å². The highest BCUT2D eigenvalue weighted by Gasteiger charge is 2.35. The average molecular weight is 382 g/mol. The number of nitrogens with zero attached hydrogens (tertiary/aromatic N) is 5. The van der Waals surface area contributed by atoms with Gasteiger partial charge in [-0.1, -0.05) is 0 Å². The monoisotopic (exact) mass is 382 g/mol. The van der Waals surface area contributed by atoms with Crippen molar-refractivity contribution in [2.24, 2.45) is 0 Å². The molecule has 0 radical (unpaired) electrons. The minimum Gasteiger partial charge on any atom is -0.378 e. The highest BCUT2D eigenvalue weighted by molar-refractivity contribution is 5.52. The summed E-state index contributed by atoms with van der Waals surface area (Å²) in [6, 6.07) is 2.93. The van der Waals surface area contributed by atoms with Gasteiger partial charge in [-0.15, -0.1) is 5.10 Å². The van der Waals surface area contributed by atoms with Gasteiger partial charge in [0.2, 0.25) is 11.9 Å². The van der Waals surface area contributed by atoms with Crippen molar-refractivity contribution in [2.75, 3.05) is 36.5 Å². The van der Waals surface area contributed by atoms with Gasteiger partial charge in [-0.3, -0.25) is 0 Å². The average Bonchev–Trinajstić information content (AvgIpc) is 3.10. The Kier molecular flexibility index (Phi) is 4.90. The molecular formula is C17H21F3N6O. The Labute approximate surface area is 154 Å². The molecular weight excluding hydrogens is 361 g/mol. The van der Waals surface area contributed by atoms with Crippen molar-refractivity contribution < 1.29 is 17.9 Å². The maximum absolute atomic E-state index is 13.4. The van der Waals surface area contributed by atoms with E-state index in [0.29, 0.717) is 50.8 Å². The third-order valence-corrected chi connectivity index (χ3v) is 4.87. The van der Waals surface area contributed by atoms with Crippen LogP contribution in [0.4, 0.5) is 24.8 Å². The number of morpholine rings is 1. The lowest BCUT2D eigenvalue weighted by Crippen LogP contribution is -2.37. The SMILES string of the molecule is Fc1ccn(-c2nc(NC3CCC(F)(F)CC3)cc(N3CCOCC3)n2)n1. The molecule has 27 heavy (non-hydrogen) atoms. The van der Waals surface area contributed by atoms with E-state index in [1.165, 1.54) is 16.9 Å². The Balaban J connectivity index is 1.59. The topological polar surface area (TPSA) is 68.1 Å². The quantitative estimate of drug-likeness (QED) is 0.877. The first-order valence-corrected chi connectivity index (χ1v) is 9.06. The molecule has 0 bridgehead atoms. The summed E-state index contributed by atoms with van der Waals surface area (Å²) in [5.41, 5.74) is 0. The molecule has 3 heterocycles. The molecule has 4 rings (SSSR count). The van der Waals surface area contributed by atoms with Crippen LogP contribution in [0.3, 0.4) is 0 Å². The van der Waals surface area contributed by atoms with Crippen molar-refractivity contribution in [3.05, 3.63) is 24.3 Å². The zero-order chi connectivity index (χ0) is 18.9. The minimum absolute atomic E-state index is 0.0840. The van der Waals surface area contributed by atoms with E-state index in [4.69, 9.17) is 4.74 Å². The third kappa shape index (κ3) is 4.32. The second-order valence-corrected chi connectivity index (χ2v) is 6.87. The minimum atomic E-state index is -2.58. The van der Waals surface area contributed by atoms with E-state index in [0.717, 1.165) is 0 Å². The van der Waals surface area contributed by atoms with Gasteiger partial charge in [0, 0.05) is 50.3 Å². The molecule has 146 valence electrons. The molecule has 1 saturated heterocycles. The van der Waals surface area contributed by atoms with Crippen LogP contribution < -0.4 is 10.2 Å². The number of ether oxygens (including phenoxy) is 1.